The summed E-state index contributed by atoms with van der Waals surface area (Å²) in [6, 6.07) is 0. The summed E-state index contributed by atoms with van der Waals surface area (Å²) in [7, 11) is 1.85. The van der Waals surface area contributed by atoms with Gasteiger partial charge in [-0.2, -0.15) is 0 Å². The van der Waals surface area contributed by atoms with Gasteiger partial charge in [0.25, 0.3) is 0 Å². The van der Waals surface area contributed by atoms with Crippen molar-refractivity contribution in [1.82, 2.24) is 0 Å². The van der Waals surface area contributed by atoms with E-state index in [1.54, 1.807) is 0 Å². The third-order valence-electron chi connectivity index (χ3n) is 1.46. The second-order valence-corrected chi connectivity index (χ2v) is 5.20. The van der Waals surface area contributed by atoms with Crippen LogP contribution < -0.4 is 0 Å². The second-order valence-electron chi connectivity index (χ2n) is 2.29. The van der Waals surface area contributed by atoms with E-state index >= 15 is 0 Å². The SMILES string of the molecule is CCCC(CC)S(=O)(=O)Cl. The van der Waals surface area contributed by atoms with Crippen LogP contribution in [-0.2, 0) is 9.05 Å². The van der Waals surface area contributed by atoms with Crippen LogP contribution in [-0.4, -0.2) is 13.7 Å². The average Bonchev–Trinajstić information content (AvgIpc) is 1.80. The lowest BCUT2D eigenvalue weighted by Gasteiger charge is -2.07. The van der Waals surface area contributed by atoms with Crippen LogP contribution in [0, 0.1) is 0 Å². The highest BCUT2D eigenvalue weighted by molar-refractivity contribution is 8.14. The number of rotatable bonds is 4. The maximum absolute atomic E-state index is 10.7. The molecule has 0 aromatic carbocycles. The summed E-state index contributed by atoms with van der Waals surface area (Å²) in [5.41, 5.74) is 0. The van der Waals surface area contributed by atoms with Gasteiger partial charge in [0.1, 0.15) is 0 Å². The van der Waals surface area contributed by atoms with Crippen LogP contribution in [0.15, 0.2) is 0 Å². The molecule has 0 aromatic heterocycles. The van der Waals surface area contributed by atoms with E-state index in [0.29, 0.717) is 12.8 Å². The van der Waals surface area contributed by atoms with Crippen LogP contribution in [0.25, 0.3) is 0 Å². The van der Waals surface area contributed by atoms with E-state index in [4.69, 9.17) is 10.7 Å². The maximum atomic E-state index is 10.7. The Labute approximate surface area is 67.0 Å². The molecule has 0 amide bonds. The summed E-state index contributed by atoms with van der Waals surface area (Å²) in [5.74, 6) is 0. The van der Waals surface area contributed by atoms with Crippen molar-refractivity contribution in [3.63, 3.8) is 0 Å². The Morgan fingerprint density at radius 2 is 1.90 bits per heavy atom. The van der Waals surface area contributed by atoms with Crippen molar-refractivity contribution in [1.29, 1.82) is 0 Å². The standard InChI is InChI=1S/C6H13ClO2S/c1-3-5-6(4-2)10(7,8)9/h6H,3-5H2,1-2H3. The lowest BCUT2D eigenvalue weighted by Crippen LogP contribution is -2.14. The van der Waals surface area contributed by atoms with Crippen molar-refractivity contribution in [2.75, 3.05) is 0 Å². The van der Waals surface area contributed by atoms with E-state index < -0.39 is 9.05 Å². The Morgan fingerprint density at radius 3 is 2.00 bits per heavy atom. The third-order valence-corrected chi connectivity index (χ3v) is 3.59. The highest BCUT2D eigenvalue weighted by Crippen LogP contribution is 2.15. The van der Waals surface area contributed by atoms with Gasteiger partial charge in [0.15, 0.2) is 0 Å². The van der Waals surface area contributed by atoms with Gasteiger partial charge in [-0.15, -0.1) is 0 Å². The molecule has 1 unspecified atom stereocenters. The first kappa shape index (κ1) is 10.2. The Kier molecular flexibility index (Phi) is 4.29. The number of halogens is 1. The predicted octanol–water partition coefficient (Wildman–Crippen LogP) is 2.13. The quantitative estimate of drug-likeness (QED) is 0.628. The van der Waals surface area contributed by atoms with Crippen molar-refractivity contribution in [2.24, 2.45) is 0 Å². The molecule has 0 heterocycles. The molecular formula is C6H13ClO2S. The first-order chi connectivity index (χ1) is 4.52. The molecule has 0 bridgehead atoms. The smallest absolute Gasteiger partial charge is 0.212 e. The molecule has 0 aromatic rings. The number of hydrogen-bond donors (Lipinski definition) is 0. The van der Waals surface area contributed by atoms with E-state index in [2.05, 4.69) is 0 Å². The fourth-order valence-electron chi connectivity index (χ4n) is 0.866. The molecule has 0 radical (unpaired) electrons. The molecule has 0 fully saturated rings. The van der Waals surface area contributed by atoms with E-state index in [0.717, 1.165) is 6.42 Å². The topological polar surface area (TPSA) is 34.1 Å². The largest absolute Gasteiger partial charge is 0.235 e. The van der Waals surface area contributed by atoms with Crippen LogP contribution >= 0.6 is 10.7 Å². The summed E-state index contributed by atoms with van der Waals surface area (Å²) < 4.78 is 21.4. The fourth-order valence-corrected chi connectivity index (χ4v) is 2.43. The molecule has 0 saturated heterocycles. The maximum Gasteiger partial charge on any atom is 0.235 e. The summed E-state index contributed by atoms with van der Waals surface area (Å²) in [6.07, 6.45) is 2.15. The highest BCUT2D eigenvalue weighted by atomic mass is 35.7. The van der Waals surface area contributed by atoms with Gasteiger partial charge in [-0.1, -0.05) is 20.3 Å². The van der Waals surface area contributed by atoms with Crippen molar-refractivity contribution < 1.29 is 8.42 Å². The van der Waals surface area contributed by atoms with Crippen LogP contribution in [0.5, 0.6) is 0 Å². The van der Waals surface area contributed by atoms with Gasteiger partial charge >= 0.3 is 0 Å². The van der Waals surface area contributed by atoms with Gasteiger partial charge in [-0.3, -0.25) is 0 Å². The van der Waals surface area contributed by atoms with Crippen LogP contribution in [0.4, 0.5) is 0 Å². The molecule has 1 atom stereocenters. The molecular weight excluding hydrogens is 172 g/mol. The van der Waals surface area contributed by atoms with E-state index in [1.165, 1.54) is 0 Å². The Balaban J connectivity index is 4.08. The van der Waals surface area contributed by atoms with Gasteiger partial charge in [0, 0.05) is 10.7 Å². The minimum absolute atomic E-state index is 0.348. The monoisotopic (exact) mass is 184 g/mol. The molecule has 4 heteroatoms. The molecule has 0 N–H and O–H groups in total. The molecule has 0 rings (SSSR count). The third kappa shape index (κ3) is 3.42. The normalized spacial score (nSPS) is 15.1. The van der Waals surface area contributed by atoms with Crippen LogP contribution in [0.2, 0.25) is 0 Å². The molecule has 0 spiro atoms. The van der Waals surface area contributed by atoms with Crippen molar-refractivity contribution in [3.05, 3.63) is 0 Å². The lowest BCUT2D eigenvalue weighted by molar-refractivity contribution is 0.578. The molecule has 62 valence electrons. The van der Waals surface area contributed by atoms with Crippen molar-refractivity contribution >= 4 is 19.7 Å². The van der Waals surface area contributed by atoms with Gasteiger partial charge < -0.3 is 0 Å². The van der Waals surface area contributed by atoms with E-state index in [1.807, 2.05) is 13.8 Å². The molecule has 2 nitrogen and oxygen atoms in total. The Morgan fingerprint density at radius 1 is 1.40 bits per heavy atom. The lowest BCUT2D eigenvalue weighted by atomic mass is 10.2. The minimum Gasteiger partial charge on any atom is -0.212 e. The molecule has 0 aliphatic carbocycles. The first-order valence-corrected chi connectivity index (χ1v) is 5.83. The zero-order valence-corrected chi connectivity index (χ0v) is 7.87. The summed E-state index contributed by atoms with van der Waals surface area (Å²) >= 11 is 0. The van der Waals surface area contributed by atoms with E-state index in [9.17, 15) is 8.42 Å². The van der Waals surface area contributed by atoms with Crippen molar-refractivity contribution in [3.8, 4) is 0 Å². The van der Waals surface area contributed by atoms with Gasteiger partial charge in [-0.05, 0) is 12.8 Å². The minimum atomic E-state index is -3.30. The molecule has 0 aliphatic heterocycles. The van der Waals surface area contributed by atoms with Gasteiger partial charge in [0.05, 0.1) is 5.25 Å². The fraction of sp³-hybridized carbons (Fsp3) is 1.00. The zero-order valence-electron chi connectivity index (χ0n) is 6.30. The van der Waals surface area contributed by atoms with Crippen LogP contribution in [0.3, 0.4) is 0 Å². The summed E-state index contributed by atoms with van der Waals surface area (Å²) in [5, 5.41) is -0.348. The van der Waals surface area contributed by atoms with E-state index in [-0.39, 0.29) is 5.25 Å². The Bertz CT molecular complexity index is 174. The molecule has 10 heavy (non-hydrogen) atoms. The van der Waals surface area contributed by atoms with Crippen molar-refractivity contribution in [2.45, 2.75) is 38.4 Å². The van der Waals surface area contributed by atoms with Crippen LogP contribution in [0.1, 0.15) is 33.1 Å². The molecule has 0 saturated carbocycles. The Hall–Kier alpha value is 0.240. The zero-order chi connectivity index (χ0) is 8.20. The first-order valence-electron chi connectivity index (χ1n) is 3.45. The molecule has 0 aliphatic rings. The second kappa shape index (κ2) is 4.19. The summed E-state index contributed by atoms with van der Waals surface area (Å²) in [6.45, 7) is 3.78. The summed E-state index contributed by atoms with van der Waals surface area (Å²) in [4.78, 5) is 0. The predicted molar refractivity (Wildman–Crippen MR) is 43.8 cm³/mol. The highest BCUT2D eigenvalue weighted by Gasteiger charge is 2.19. The number of hydrogen-bond acceptors (Lipinski definition) is 2. The van der Waals surface area contributed by atoms with Gasteiger partial charge in [0.2, 0.25) is 9.05 Å². The van der Waals surface area contributed by atoms with Gasteiger partial charge in [-0.25, -0.2) is 8.42 Å². The average molecular weight is 185 g/mol.